The maximum Gasteiger partial charge on any atom is 0.303 e. The summed E-state index contributed by atoms with van der Waals surface area (Å²) >= 11 is 0. The quantitative estimate of drug-likeness (QED) is 0.0343. The second-order valence-corrected chi connectivity index (χ2v) is 29.3. The van der Waals surface area contributed by atoms with Crippen molar-refractivity contribution in [1.29, 1.82) is 0 Å². The molecule has 670 valence electrons. The highest BCUT2D eigenvalue weighted by molar-refractivity contribution is 5.92. The summed E-state index contributed by atoms with van der Waals surface area (Å²) in [6.07, 6.45) is 0.213. The first-order valence-electron chi connectivity index (χ1n) is 41.5. The molecule has 3 aliphatic heterocycles. The summed E-state index contributed by atoms with van der Waals surface area (Å²) in [5.41, 5.74) is 1.00. The van der Waals surface area contributed by atoms with E-state index in [0.717, 1.165) is 18.4 Å². The van der Waals surface area contributed by atoms with Gasteiger partial charge >= 0.3 is 11.9 Å². The van der Waals surface area contributed by atoms with Crippen LogP contribution in [0.1, 0.15) is 146 Å². The third-order valence-corrected chi connectivity index (χ3v) is 20.0. The summed E-state index contributed by atoms with van der Waals surface area (Å²) in [7, 11) is 0. The monoisotopic (exact) mass is 1670 g/mol. The zero-order valence-corrected chi connectivity index (χ0v) is 71.1. The predicted molar refractivity (Wildman–Crippen MR) is 424 cm³/mol. The van der Waals surface area contributed by atoms with Gasteiger partial charge in [-0.1, -0.05) is 78.8 Å². The van der Waals surface area contributed by atoms with Gasteiger partial charge in [0.05, 0.1) is 156 Å². The van der Waals surface area contributed by atoms with Crippen LogP contribution in [0.4, 0.5) is 0 Å². The van der Waals surface area contributed by atoms with Gasteiger partial charge in [0.2, 0.25) is 47.3 Å². The van der Waals surface area contributed by atoms with Gasteiger partial charge in [-0.3, -0.25) is 47.9 Å². The molecule has 1 aromatic carbocycles. The highest BCUT2D eigenvalue weighted by atomic mass is 16.7. The zero-order valence-electron chi connectivity index (χ0n) is 71.1. The lowest BCUT2D eigenvalue weighted by Gasteiger charge is -2.44. The molecule has 0 saturated carbocycles. The molecule has 1 aromatic rings. The Bertz CT molecular complexity index is 2970. The number of nitrogens with one attached hydrogen (secondary N) is 8. The van der Waals surface area contributed by atoms with Gasteiger partial charge < -0.3 is 128 Å². The molecule has 8 amide bonds. The molecule has 3 fully saturated rings. The number of ether oxygens (including phenoxy) is 18. The van der Waals surface area contributed by atoms with E-state index < -0.39 is 91.4 Å². The van der Waals surface area contributed by atoms with Crippen molar-refractivity contribution in [2.75, 3.05) is 172 Å². The molecule has 0 aliphatic carbocycles. The highest BCUT2D eigenvalue weighted by Crippen LogP contribution is 2.35. The molecule has 3 heterocycles. The molecule has 0 radical (unpaired) electrons. The third-order valence-electron chi connectivity index (χ3n) is 20.0. The summed E-state index contributed by atoms with van der Waals surface area (Å²) in [5.74, 6) is -3.86. The molecule has 3 aliphatic rings. The summed E-state index contributed by atoms with van der Waals surface area (Å²) in [5, 5.41) is 22.9. The van der Waals surface area contributed by atoms with Gasteiger partial charge in [-0.25, -0.2) is 0 Å². The smallest absolute Gasteiger partial charge is 0.303 e. The van der Waals surface area contributed by atoms with E-state index >= 15 is 0 Å². The van der Waals surface area contributed by atoms with Gasteiger partial charge in [-0.15, -0.1) is 0 Å². The molecule has 36 nitrogen and oxygen atoms in total. The van der Waals surface area contributed by atoms with E-state index in [1.165, 1.54) is 34.6 Å². The Morgan fingerprint density at radius 1 is 0.376 bits per heavy atom. The van der Waals surface area contributed by atoms with Crippen LogP contribution in [0.2, 0.25) is 0 Å². The molecule has 36 heteroatoms. The summed E-state index contributed by atoms with van der Waals surface area (Å²) in [6, 6.07) is 6.23. The normalized spacial score (nSPS) is 23.6. The lowest BCUT2D eigenvalue weighted by molar-refractivity contribution is -0.264. The Labute approximate surface area is 690 Å². The second-order valence-electron chi connectivity index (χ2n) is 29.3. The predicted octanol–water partition coefficient (Wildman–Crippen LogP) is 2.64. The largest absolute Gasteiger partial charge is 0.463 e. The second kappa shape index (κ2) is 61.5. The van der Waals surface area contributed by atoms with Crippen molar-refractivity contribution in [2.24, 2.45) is 29.6 Å². The summed E-state index contributed by atoms with van der Waals surface area (Å²) in [4.78, 5) is 127. The number of rotatable bonds is 64. The molecule has 0 bridgehead atoms. The molecule has 17 atom stereocenters. The van der Waals surface area contributed by atoms with Crippen LogP contribution in [-0.2, 0) is 140 Å². The van der Waals surface area contributed by atoms with Crippen LogP contribution in [0.25, 0.3) is 0 Å². The topological polar surface area (TPSA) is 433 Å². The van der Waals surface area contributed by atoms with Crippen LogP contribution in [0.5, 0.6) is 0 Å². The number of unbranched alkanes of at least 4 members (excludes halogenated alkanes) is 2. The Hall–Kier alpha value is -6.72. The average Bonchev–Trinajstić information content (AvgIpc) is 1.10. The standard InChI is InChI=1S/C81H138N8O28/c1-13-67-54(3)56(5)73(85-59(8)90)79(115-67)110-46-43-103-34-31-100-37-41-108-52-71(96)83-28-21-19-26-66(88-72(97)53-109-42-39-102-33-36-104-44-47-111-80-74(86-60(9)91)57(6)55(4)68(14-2)116-80)78(99)89-65(77(98)84-29-22-30-106-49-64-23-16-15-17-24-64)25-18-20-27-82-70(95)51-107-40-38-101-32-35-105-45-48-112-81-75(87-61(10)92)58(7)76(114-63(12)94)69(117-81)50-113-62(11)93/h15-17,23-24,54-58,65-69,73-76,79-81H,13-14,18-22,25-53H2,1-12H3,(H,82,95)(H,83,96)(H,84,98)(H,85,90)(H,86,91)(H,87,92)(H,88,97)(H,89,99)/t54-,55-,56+,57+,58-,65-,66+,67-,68-,69-,73-,74-,75-,76-,79-,80-,81-/m1/s1. The molecule has 0 unspecified atom stereocenters. The van der Waals surface area contributed by atoms with Gasteiger partial charge in [0.1, 0.15) is 50.7 Å². The van der Waals surface area contributed by atoms with Gasteiger partial charge in [-0.05, 0) is 87.0 Å². The first-order chi connectivity index (χ1) is 56.3. The summed E-state index contributed by atoms with van der Waals surface area (Å²) in [6.45, 7) is 25.1. The van der Waals surface area contributed by atoms with E-state index in [1.54, 1.807) is 6.92 Å². The number of carbonyl (C=O) groups is 10. The van der Waals surface area contributed by atoms with Crippen molar-refractivity contribution < 1.29 is 133 Å². The molecule has 3 saturated heterocycles. The number of hydrogen-bond donors (Lipinski definition) is 8. The number of esters is 2. The van der Waals surface area contributed by atoms with Gasteiger partial charge in [0.15, 0.2) is 18.9 Å². The van der Waals surface area contributed by atoms with Crippen molar-refractivity contribution in [1.82, 2.24) is 42.5 Å². The van der Waals surface area contributed by atoms with Gasteiger partial charge in [0.25, 0.3) is 0 Å². The van der Waals surface area contributed by atoms with Crippen LogP contribution >= 0.6 is 0 Å². The van der Waals surface area contributed by atoms with E-state index in [2.05, 4.69) is 84.1 Å². The van der Waals surface area contributed by atoms with E-state index in [9.17, 15) is 47.9 Å². The van der Waals surface area contributed by atoms with Crippen molar-refractivity contribution in [3.05, 3.63) is 35.9 Å². The van der Waals surface area contributed by atoms with Gasteiger partial charge in [-0.2, -0.15) is 0 Å². The number of hydrogen-bond acceptors (Lipinski definition) is 28. The Morgan fingerprint density at radius 2 is 0.752 bits per heavy atom. The van der Waals surface area contributed by atoms with Crippen molar-refractivity contribution in [3.8, 4) is 0 Å². The van der Waals surface area contributed by atoms with Crippen LogP contribution < -0.4 is 42.5 Å². The van der Waals surface area contributed by atoms with Crippen LogP contribution in [0.15, 0.2) is 30.3 Å². The highest BCUT2D eigenvalue weighted by Gasteiger charge is 2.48. The van der Waals surface area contributed by atoms with E-state index in [4.69, 9.17) is 85.3 Å². The Balaban J connectivity index is 1.22. The average molecular weight is 1670 g/mol. The van der Waals surface area contributed by atoms with E-state index in [-0.39, 0.29) is 236 Å². The van der Waals surface area contributed by atoms with E-state index in [1.807, 2.05) is 30.3 Å². The molecule has 4 rings (SSSR count). The fraction of sp³-hybridized carbons (Fsp3) is 0.802. The first-order valence-corrected chi connectivity index (χ1v) is 41.5. The minimum Gasteiger partial charge on any atom is -0.463 e. The number of amides is 8. The maximum absolute atomic E-state index is 14.3. The SMILES string of the molecule is CC[C@H]1O[C@@H](OCCOCCOCCOCC(=O)NCCCC[C@H](NC(=O)COCCOCCOCCO[C@@H]2O[C@H](CC)[C@H](C)[C@H](C)[C@H]2NC(C)=O)C(=O)N[C@H](CCCCNC(=O)COCCOCCOCCO[C@@H]2O[C@H](COC(C)=O)[C@H](OC(C)=O)[C@H](C)[C@H]2NC(C)=O)C(=O)NCCCOCc2ccccc2)[C@H](NC(C)=O)[C@@H](C)[C@H]1C. The minimum absolute atomic E-state index is 0.00172. The van der Waals surface area contributed by atoms with Gasteiger partial charge in [0, 0.05) is 66.8 Å². The lowest BCUT2D eigenvalue weighted by atomic mass is 9.81. The third kappa shape index (κ3) is 43.9. The summed E-state index contributed by atoms with van der Waals surface area (Å²) < 4.78 is 104. The van der Waals surface area contributed by atoms with Crippen molar-refractivity contribution in [3.63, 3.8) is 0 Å². The van der Waals surface area contributed by atoms with E-state index in [0.29, 0.717) is 58.5 Å². The minimum atomic E-state index is -1.12. The fourth-order valence-corrected chi connectivity index (χ4v) is 13.4. The number of carbonyl (C=O) groups excluding carboxylic acids is 10. The zero-order chi connectivity index (χ0) is 85.5. The molecule has 0 aromatic heterocycles. The van der Waals surface area contributed by atoms with Crippen LogP contribution in [0, 0.1) is 29.6 Å². The maximum atomic E-state index is 14.3. The molecule has 0 spiro atoms. The van der Waals surface area contributed by atoms with Crippen molar-refractivity contribution >= 4 is 59.2 Å². The first kappa shape index (κ1) is 103. The Kier molecular flexibility index (Phi) is 54.0. The molecule has 117 heavy (non-hydrogen) atoms. The lowest BCUT2D eigenvalue weighted by Crippen LogP contribution is -2.62. The van der Waals surface area contributed by atoms with Crippen LogP contribution in [-0.4, -0.2) is 304 Å². The van der Waals surface area contributed by atoms with Crippen molar-refractivity contribution in [2.45, 2.75) is 221 Å². The fourth-order valence-electron chi connectivity index (χ4n) is 13.4. The van der Waals surface area contributed by atoms with Crippen LogP contribution in [0.3, 0.4) is 0 Å². The molecular formula is C81H138N8O28. The molecular weight excluding hydrogens is 1530 g/mol. The number of benzene rings is 1. The molecule has 8 N–H and O–H groups in total. The Morgan fingerprint density at radius 3 is 1.15 bits per heavy atom.